The van der Waals surface area contributed by atoms with Crippen molar-refractivity contribution in [2.45, 2.75) is 6.43 Å². The molecule has 3 aromatic rings. The second kappa shape index (κ2) is 7.85. The van der Waals surface area contributed by atoms with Crippen LogP contribution >= 0.6 is 0 Å². The molecule has 0 bridgehead atoms. The summed E-state index contributed by atoms with van der Waals surface area (Å²) in [5, 5.41) is 6.93. The highest BCUT2D eigenvalue weighted by Crippen LogP contribution is 2.23. The standard InChI is InChI=1S/C18H17F3N6O/c19-12-1-3-13(4-2-12)22-15-11-16(26-7-9-28-10-8-26)24-18(23-15)27-6-5-14(25-27)17(20)21/h1-6,11,17H,7-10H2,(H,22,23,24). The number of benzene rings is 1. The van der Waals surface area contributed by atoms with E-state index in [1.165, 1.54) is 29.1 Å². The summed E-state index contributed by atoms with van der Waals surface area (Å²) in [5.41, 5.74) is 0.279. The Balaban J connectivity index is 1.70. The van der Waals surface area contributed by atoms with Gasteiger partial charge < -0.3 is 15.0 Å². The Hall–Kier alpha value is -3.14. The van der Waals surface area contributed by atoms with Gasteiger partial charge >= 0.3 is 0 Å². The van der Waals surface area contributed by atoms with Gasteiger partial charge in [-0.2, -0.15) is 15.1 Å². The van der Waals surface area contributed by atoms with E-state index in [0.717, 1.165) is 0 Å². The minimum Gasteiger partial charge on any atom is -0.378 e. The van der Waals surface area contributed by atoms with E-state index in [0.29, 0.717) is 43.6 Å². The van der Waals surface area contributed by atoms with Crippen molar-refractivity contribution < 1.29 is 17.9 Å². The van der Waals surface area contributed by atoms with Gasteiger partial charge in [0.1, 0.15) is 23.1 Å². The molecule has 3 heterocycles. The first kappa shape index (κ1) is 18.2. The molecule has 0 unspecified atom stereocenters. The predicted molar refractivity (Wildman–Crippen MR) is 96.8 cm³/mol. The normalized spacial score (nSPS) is 14.5. The summed E-state index contributed by atoms with van der Waals surface area (Å²) in [7, 11) is 0. The van der Waals surface area contributed by atoms with Crippen molar-refractivity contribution in [3.63, 3.8) is 0 Å². The van der Waals surface area contributed by atoms with Crippen molar-refractivity contribution in [2.24, 2.45) is 0 Å². The first-order valence-electron chi connectivity index (χ1n) is 8.67. The molecule has 1 N–H and O–H groups in total. The Morgan fingerprint density at radius 1 is 1.04 bits per heavy atom. The summed E-state index contributed by atoms with van der Waals surface area (Å²) in [6, 6.07) is 8.78. The van der Waals surface area contributed by atoms with E-state index in [4.69, 9.17) is 4.74 Å². The third-order valence-corrected chi connectivity index (χ3v) is 4.19. The Bertz CT molecular complexity index is 941. The van der Waals surface area contributed by atoms with Gasteiger partial charge in [-0.15, -0.1) is 0 Å². The molecule has 2 aromatic heterocycles. The fourth-order valence-electron chi connectivity index (χ4n) is 2.79. The maximum absolute atomic E-state index is 13.1. The lowest BCUT2D eigenvalue weighted by molar-refractivity contribution is 0.122. The van der Waals surface area contributed by atoms with Crippen molar-refractivity contribution in [3.05, 3.63) is 54.1 Å². The SMILES string of the molecule is Fc1ccc(Nc2cc(N3CCOCC3)nc(-n3ccc(C(F)F)n3)n2)cc1. The number of hydrogen-bond donors (Lipinski definition) is 1. The summed E-state index contributed by atoms with van der Waals surface area (Å²) < 4.78 is 45.5. The van der Waals surface area contributed by atoms with Crippen LogP contribution in [0.25, 0.3) is 5.95 Å². The summed E-state index contributed by atoms with van der Waals surface area (Å²) in [4.78, 5) is 10.9. The van der Waals surface area contributed by atoms with Gasteiger partial charge in [-0.3, -0.25) is 0 Å². The molecule has 7 nitrogen and oxygen atoms in total. The molecule has 1 aliphatic heterocycles. The maximum Gasteiger partial charge on any atom is 0.282 e. The third kappa shape index (κ3) is 4.06. The van der Waals surface area contributed by atoms with Crippen LogP contribution in [-0.2, 0) is 4.74 Å². The van der Waals surface area contributed by atoms with Crippen LogP contribution in [0.15, 0.2) is 42.6 Å². The maximum atomic E-state index is 13.1. The van der Waals surface area contributed by atoms with E-state index in [-0.39, 0.29) is 17.5 Å². The van der Waals surface area contributed by atoms with Gasteiger partial charge in [-0.05, 0) is 30.3 Å². The molecule has 1 aliphatic rings. The summed E-state index contributed by atoms with van der Waals surface area (Å²) in [6.45, 7) is 2.43. The Kier molecular flexibility index (Phi) is 5.11. The second-order valence-corrected chi connectivity index (χ2v) is 6.13. The highest BCUT2D eigenvalue weighted by atomic mass is 19.3. The van der Waals surface area contributed by atoms with Gasteiger partial charge in [-0.25, -0.2) is 17.9 Å². The van der Waals surface area contributed by atoms with E-state index in [2.05, 4.69) is 20.4 Å². The van der Waals surface area contributed by atoms with E-state index in [1.807, 2.05) is 4.90 Å². The molecular formula is C18H17F3N6O. The summed E-state index contributed by atoms with van der Waals surface area (Å²) in [5.74, 6) is 0.860. The number of hydrogen-bond acceptors (Lipinski definition) is 6. The van der Waals surface area contributed by atoms with E-state index in [9.17, 15) is 13.2 Å². The van der Waals surface area contributed by atoms with E-state index in [1.54, 1.807) is 18.2 Å². The van der Waals surface area contributed by atoms with Crippen LogP contribution in [0, 0.1) is 5.82 Å². The van der Waals surface area contributed by atoms with Gasteiger partial charge in [-0.1, -0.05) is 0 Å². The zero-order valence-corrected chi connectivity index (χ0v) is 14.7. The highest BCUT2D eigenvalue weighted by molar-refractivity contribution is 5.60. The monoisotopic (exact) mass is 390 g/mol. The van der Waals surface area contributed by atoms with Gasteiger partial charge in [0.15, 0.2) is 0 Å². The van der Waals surface area contributed by atoms with Gasteiger partial charge in [0.2, 0.25) is 0 Å². The van der Waals surface area contributed by atoms with Crippen molar-refractivity contribution >= 4 is 17.3 Å². The lowest BCUT2D eigenvalue weighted by Crippen LogP contribution is -2.37. The third-order valence-electron chi connectivity index (χ3n) is 4.19. The topological polar surface area (TPSA) is 68.1 Å². The molecule has 0 radical (unpaired) electrons. The van der Waals surface area contributed by atoms with Gasteiger partial charge in [0.25, 0.3) is 12.4 Å². The van der Waals surface area contributed by atoms with Crippen LogP contribution in [0.3, 0.4) is 0 Å². The molecule has 10 heteroatoms. The quantitative estimate of drug-likeness (QED) is 0.721. The van der Waals surface area contributed by atoms with Crippen molar-refractivity contribution in [2.75, 3.05) is 36.5 Å². The van der Waals surface area contributed by atoms with Crippen molar-refractivity contribution in [3.8, 4) is 5.95 Å². The summed E-state index contributed by atoms with van der Waals surface area (Å²) >= 11 is 0. The lowest BCUT2D eigenvalue weighted by atomic mass is 10.3. The molecule has 1 saturated heterocycles. The highest BCUT2D eigenvalue weighted by Gasteiger charge is 2.18. The molecule has 4 rings (SSSR count). The van der Waals surface area contributed by atoms with Crippen LogP contribution < -0.4 is 10.2 Å². The largest absolute Gasteiger partial charge is 0.378 e. The van der Waals surface area contributed by atoms with Crippen LogP contribution in [0.1, 0.15) is 12.1 Å². The lowest BCUT2D eigenvalue weighted by Gasteiger charge is -2.28. The minimum atomic E-state index is -2.68. The number of alkyl halides is 2. The first-order valence-corrected chi connectivity index (χ1v) is 8.67. The van der Waals surface area contributed by atoms with Crippen LogP contribution in [0.2, 0.25) is 0 Å². The molecule has 146 valence electrons. The number of nitrogens with one attached hydrogen (secondary N) is 1. The number of rotatable bonds is 5. The summed E-state index contributed by atoms with van der Waals surface area (Å²) in [6.07, 6.45) is -1.29. The van der Waals surface area contributed by atoms with Crippen LogP contribution in [0.4, 0.5) is 30.5 Å². The Morgan fingerprint density at radius 2 is 1.79 bits per heavy atom. The molecule has 0 spiro atoms. The Morgan fingerprint density at radius 3 is 2.46 bits per heavy atom. The number of anilines is 3. The fourth-order valence-corrected chi connectivity index (χ4v) is 2.79. The van der Waals surface area contributed by atoms with Crippen molar-refractivity contribution in [1.29, 1.82) is 0 Å². The van der Waals surface area contributed by atoms with Crippen LogP contribution in [-0.4, -0.2) is 46.1 Å². The Labute approximate surface area is 158 Å². The number of morpholine rings is 1. The number of halogens is 3. The predicted octanol–water partition coefficient (Wildman–Crippen LogP) is 3.32. The zero-order valence-electron chi connectivity index (χ0n) is 14.7. The fraction of sp³-hybridized carbons (Fsp3) is 0.278. The van der Waals surface area contributed by atoms with Gasteiger partial charge in [0, 0.05) is 31.0 Å². The molecule has 28 heavy (non-hydrogen) atoms. The molecule has 1 aromatic carbocycles. The average Bonchev–Trinajstić information content (AvgIpc) is 3.21. The van der Waals surface area contributed by atoms with E-state index < -0.39 is 6.43 Å². The molecule has 0 saturated carbocycles. The average molecular weight is 390 g/mol. The number of nitrogens with zero attached hydrogens (tertiary/aromatic N) is 5. The second-order valence-electron chi connectivity index (χ2n) is 6.13. The molecule has 1 fully saturated rings. The van der Waals surface area contributed by atoms with Crippen LogP contribution in [0.5, 0.6) is 0 Å². The molecular weight excluding hydrogens is 373 g/mol. The zero-order chi connectivity index (χ0) is 19.5. The first-order chi connectivity index (χ1) is 13.6. The molecule has 0 aliphatic carbocycles. The smallest absolute Gasteiger partial charge is 0.282 e. The molecule has 0 amide bonds. The van der Waals surface area contributed by atoms with Gasteiger partial charge in [0.05, 0.1) is 13.2 Å². The van der Waals surface area contributed by atoms with E-state index >= 15 is 0 Å². The number of aromatic nitrogens is 4. The molecule has 0 atom stereocenters. The minimum absolute atomic E-state index is 0.153. The van der Waals surface area contributed by atoms with Crippen molar-refractivity contribution in [1.82, 2.24) is 19.7 Å². The number of ether oxygens (including phenoxy) is 1.